The summed E-state index contributed by atoms with van der Waals surface area (Å²) in [6, 6.07) is -3.57. The van der Waals surface area contributed by atoms with Gasteiger partial charge in [0.2, 0.25) is 17.7 Å². The Labute approximate surface area is 216 Å². The van der Waals surface area contributed by atoms with Gasteiger partial charge in [-0.05, 0) is 63.5 Å². The van der Waals surface area contributed by atoms with Gasteiger partial charge in [0.1, 0.15) is 18.1 Å². The van der Waals surface area contributed by atoms with Crippen LogP contribution < -0.4 is 33.6 Å². The third-order valence-corrected chi connectivity index (χ3v) is 6.57. The van der Waals surface area contributed by atoms with Gasteiger partial charge in [-0.3, -0.25) is 19.4 Å². The minimum Gasteiger partial charge on any atom is -0.480 e. The third kappa shape index (κ3) is 11.0. The third-order valence-electron chi connectivity index (χ3n) is 5.93. The number of carboxylic acids is 1. The fourth-order valence-corrected chi connectivity index (χ4v) is 4.42. The smallest absolute Gasteiger partial charge is 0.326 e. The fourth-order valence-electron chi connectivity index (χ4n) is 3.94. The van der Waals surface area contributed by atoms with Gasteiger partial charge in [-0.25, -0.2) is 4.79 Å². The van der Waals surface area contributed by atoms with Gasteiger partial charge in [0.25, 0.3) is 0 Å². The Kier molecular flexibility index (Phi) is 14.8. The molecule has 1 aliphatic rings. The number of amides is 3. The van der Waals surface area contributed by atoms with Gasteiger partial charge in [0.05, 0.1) is 6.04 Å². The molecule has 0 spiro atoms. The average Bonchev–Trinajstić information content (AvgIpc) is 3.32. The number of carbonyl (C=O) groups is 4. The standard InChI is InChI=1S/C22H42N8O5S/c1-36-13-9-16(21(34)35)29-19(32)17-8-5-12-30(17)20(33)15(7-4-11-27-22(25)26)28-18(31)14(24)6-2-3-10-23/h14-17H,2-13,23-24H2,1H3,(H,28,31)(H,29,32)(H,34,35)(H4,25,26,27). The van der Waals surface area contributed by atoms with Crippen molar-refractivity contribution >= 4 is 41.4 Å². The second-order valence-corrected chi connectivity index (χ2v) is 9.76. The van der Waals surface area contributed by atoms with E-state index in [4.69, 9.17) is 22.9 Å². The van der Waals surface area contributed by atoms with E-state index in [9.17, 15) is 24.3 Å². The summed E-state index contributed by atoms with van der Waals surface area (Å²) in [4.78, 5) is 56.0. The summed E-state index contributed by atoms with van der Waals surface area (Å²) in [5.41, 5.74) is 22.2. The number of hydrogen-bond donors (Lipinski definition) is 7. The Morgan fingerprint density at radius 3 is 2.42 bits per heavy atom. The van der Waals surface area contributed by atoms with Gasteiger partial charge in [0.15, 0.2) is 5.96 Å². The molecule has 0 aromatic carbocycles. The molecule has 0 aromatic rings. The number of likely N-dealkylation sites (tertiary alicyclic amines) is 1. The molecule has 36 heavy (non-hydrogen) atoms. The molecule has 0 bridgehead atoms. The van der Waals surface area contributed by atoms with Gasteiger partial charge < -0.3 is 43.6 Å². The zero-order valence-corrected chi connectivity index (χ0v) is 21.8. The summed E-state index contributed by atoms with van der Waals surface area (Å²) >= 11 is 1.48. The lowest BCUT2D eigenvalue weighted by Gasteiger charge is -2.30. The van der Waals surface area contributed by atoms with E-state index in [0.717, 1.165) is 6.42 Å². The first kappa shape index (κ1) is 31.4. The topological polar surface area (TPSA) is 232 Å². The number of hydrogen-bond acceptors (Lipinski definition) is 8. The first-order valence-corrected chi connectivity index (χ1v) is 13.7. The Hall–Kier alpha value is -2.58. The molecule has 1 saturated heterocycles. The number of nitrogens with two attached hydrogens (primary N) is 4. The van der Waals surface area contributed by atoms with Crippen molar-refractivity contribution < 1.29 is 24.3 Å². The molecule has 13 nitrogen and oxygen atoms in total. The molecule has 206 valence electrons. The van der Waals surface area contributed by atoms with Crippen molar-refractivity contribution in [3.63, 3.8) is 0 Å². The first-order valence-electron chi connectivity index (χ1n) is 12.3. The summed E-state index contributed by atoms with van der Waals surface area (Å²) in [6.07, 6.45) is 5.62. The molecule has 1 rings (SSSR count). The van der Waals surface area contributed by atoms with Crippen LogP contribution in [0, 0.1) is 0 Å². The highest BCUT2D eigenvalue weighted by Crippen LogP contribution is 2.20. The largest absolute Gasteiger partial charge is 0.480 e. The van der Waals surface area contributed by atoms with Crippen LogP contribution >= 0.6 is 11.8 Å². The SMILES string of the molecule is CSCCC(NC(=O)C1CCCN1C(=O)C(CCCN=C(N)N)NC(=O)C(N)CCCCN)C(=O)O. The van der Waals surface area contributed by atoms with Crippen molar-refractivity contribution in [2.24, 2.45) is 27.9 Å². The molecule has 11 N–H and O–H groups in total. The molecule has 0 aliphatic carbocycles. The number of rotatable bonds is 17. The van der Waals surface area contributed by atoms with Crippen molar-refractivity contribution in [2.75, 3.05) is 31.6 Å². The lowest BCUT2D eigenvalue weighted by molar-refractivity contribution is -0.145. The van der Waals surface area contributed by atoms with Crippen molar-refractivity contribution in [3.05, 3.63) is 0 Å². The maximum atomic E-state index is 13.5. The minimum absolute atomic E-state index is 0.0745. The second-order valence-electron chi connectivity index (χ2n) is 8.77. The summed E-state index contributed by atoms with van der Waals surface area (Å²) in [6.45, 7) is 1.09. The van der Waals surface area contributed by atoms with Crippen LogP contribution in [0.4, 0.5) is 0 Å². The predicted molar refractivity (Wildman–Crippen MR) is 140 cm³/mol. The highest BCUT2D eigenvalue weighted by atomic mass is 32.2. The van der Waals surface area contributed by atoms with Gasteiger partial charge in [-0.1, -0.05) is 6.42 Å². The zero-order chi connectivity index (χ0) is 27.1. The van der Waals surface area contributed by atoms with Crippen molar-refractivity contribution in [2.45, 2.75) is 75.5 Å². The predicted octanol–water partition coefficient (Wildman–Crippen LogP) is -1.71. The lowest BCUT2D eigenvalue weighted by Crippen LogP contribution is -2.56. The Morgan fingerprint density at radius 2 is 1.81 bits per heavy atom. The Bertz CT molecular complexity index is 765. The average molecular weight is 531 g/mol. The number of nitrogens with one attached hydrogen (secondary N) is 2. The van der Waals surface area contributed by atoms with Gasteiger partial charge >= 0.3 is 5.97 Å². The molecule has 1 aliphatic heterocycles. The quantitative estimate of drug-likeness (QED) is 0.0639. The second kappa shape index (κ2) is 17.0. The maximum absolute atomic E-state index is 13.5. The van der Waals surface area contributed by atoms with Crippen LogP contribution in [0.2, 0.25) is 0 Å². The lowest BCUT2D eigenvalue weighted by atomic mass is 10.1. The van der Waals surface area contributed by atoms with Crippen LogP contribution in [0.1, 0.15) is 51.4 Å². The van der Waals surface area contributed by atoms with Crippen molar-refractivity contribution in [1.29, 1.82) is 0 Å². The molecular formula is C22H42N8O5S. The zero-order valence-electron chi connectivity index (χ0n) is 21.0. The maximum Gasteiger partial charge on any atom is 0.326 e. The molecule has 1 fully saturated rings. The number of thioether (sulfide) groups is 1. The summed E-state index contributed by atoms with van der Waals surface area (Å²) < 4.78 is 0. The molecule has 4 unspecified atom stereocenters. The summed E-state index contributed by atoms with van der Waals surface area (Å²) in [5, 5.41) is 14.7. The van der Waals surface area contributed by atoms with E-state index < -0.39 is 47.9 Å². The number of guanidine groups is 1. The number of aliphatic carboxylic acids is 1. The number of nitrogens with zero attached hydrogens (tertiary/aromatic N) is 2. The molecule has 0 radical (unpaired) electrons. The van der Waals surface area contributed by atoms with E-state index in [1.54, 1.807) is 0 Å². The monoisotopic (exact) mass is 530 g/mol. The number of aliphatic imine (C=N–C) groups is 1. The van der Waals surface area contributed by atoms with E-state index in [1.807, 2.05) is 6.26 Å². The highest BCUT2D eigenvalue weighted by molar-refractivity contribution is 7.98. The van der Waals surface area contributed by atoms with Crippen molar-refractivity contribution in [1.82, 2.24) is 15.5 Å². The summed E-state index contributed by atoms with van der Waals surface area (Å²) in [7, 11) is 0. The number of carbonyl (C=O) groups excluding carboxylic acids is 3. The van der Waals surface area contributed by atoms with E-state index in [-0.39, 0.29) is 25.3 Å². The molecular weight excluding hydrogens is 488 g/mol. The Balaban J connectivity index is 2.93. The molecule has 14 heteroatoms. The van der Waals surface area contributed by atoms with E-state index in [2.05, 4.69) is 15.6 Å². The van der Waals surface area contributed by atoms with Gasteiger partial charge in [-0.15, -0.1) is 0 Å². The van der Waals surface area contributed by atoms with Crippen LogP contribution in [0.15, 0.2) is 4.99 Å². The van der Waals surface area contributed by atoms with Gasteiger partial charge in [-0.2, -0.15) is 11.8 Å². The molecule has 1 heterocycles. The highest BCUT2D eigenvalue weighted by Gasteiger charge is 2.38. The molecule has 3 amide bonds. The normalized spacial score (nSPS) is 17.6. The van der Waals surface area contributed by atoms with E-state index >= 15 is 0 Å². The molecule has 0 saturated carbocycles. The first-order chi connectivity index (χ1) is 17.1. The van der Waals surface area contributed by atoms with E-state index in [0.29, 0.717) is 50.9 Å². The van der Waals surface area contributed by atoms with Crippen LogP contribution in [0.5, 0.6) is 0 Å². The van der Waals surface area contributed by atoms with E-state index in [1.165, 1.54) is 16.7 Å². The van der Waals surface area contributed by atoms with Gasteiger partial charge in [0, 0.05) is 13.1 Å². The minimum atomic E-state index is -1.12. The van der Waals surface area contributed by atoms with Crippen LogP contribution in [-0.2, 0) is 19.2 Å². The molecule has 0 aromatic heterocycles. The van der Waals surface area contributed by atoms with Crippen LogP contribution in [0.25, 0.3) is 0 Å². The number of unbranched alkanes of at least 4 members (excludes halogenated alkanes) is 1. The summed E-state index contributed by atoms with van der Waals surface area (Å²) in [5.74, 6) is -2.03. The fraction of sp³-hybridized carbons (Fsp3) is 0.773. The Morgan fingerprint density at radius 1 is 1.08 bits per heavy atom. The van der Waals surface area contributed by atoms with Crippen molar-refractivity contribution in [3.8, 4) is 0 Å². The number of carboxylic acid groups (broad SMARTS) is 1. The molecule has 4 atom stereocenters. The van der Waals surface area contributed by atoms with Crippen LogP contribution in [0.3, 0.4) is 0 Å². The van der Waals surface area contributed by atoms with Crippen LogP contribution in [-0.4, -0.2) is 95.5 Å².